The van der Waals surface area contributed by atoms with Crippen molar-refractivity contribution in [3.63, 3.8) is 0 Å². The molecule has 0 unspecified atom stereocenters. The summed E-state index contributed by atoms with van der Waals surface area (Å²) in [6, 6.07) is 17.5. The Bertz CT molecular complexity index is 907. The molecule has 0 aliphatic rings. The van der Waals surface area contributed by atoms with Gasteiger partial charge in [-0.2, -0.15) is 5.10 Å². The van der Waals surface area contributed by atoms with Gasteiger partial charge in [0.25, 0.3) is 0 Å². The molecule has 0 aromatic heterocycles. The van der Waals surface area contributed by atoms with Crippen LogP contribution in [0.4, 0.5) is 5.69 Å². The SMILES string of the molecule is COc1cc(C(C)=NNc2ccc(Cl)cc2)c(Br)c2ccccc12. The van der Waals surface area contributed by atoms with Crippen LogP contribution in [0.25, 0.3) is 10.8 Å². The molecule has 3 rings (SSSR count). The zero-order valence-corrected chi connectivity index (χ0v) is 15.6. The van der Waals surface area contributed by atoms with Gasteiger partial charge in [0.15, 0.2) is 0 Å². The number of methoxy groups -OCH3 is 1. The summed E-state index contributed by atoms with van der Waals surface area (Å²) in [7, 11) is 1.68. The molecule has 0 aliphatic heterocycles. The number of rotatable bonds is 4. The van der Waals surface area contributed by atoms with Crippen LogP contribution in [0.5, 0.6) is 5.75 Å². The van der Waals surface area contributed by atoms with Gasteiger partial charge in [-0.25, -0.2) is 0 Å². The largest absolute Gasteiger partial charge is 0.496 e. The molecule has 0 aliphatic carbocycles. The molecule has 0 heterocycles. The van der Waals surface area contributed by atoms with Crippen molar-refractivity contribution in [2.45, 2.75) is 6.92 Å². The molecule has 122 valence electrons. The topological polar surface area (TPSA) is 33.6 Å². The van der Waals surface area contributed by atoms with Crippen molar-refractivity contribution in [2.24, 2.45) is 5.10 Å². The second kappa shape index (κ2) is 7.24. The van der Waals surface area contributed by atoms with Gasteiger partial charge in [0.05, 0.1) is 18.5 Å². The second-order valence-electron chi connectivity index (χ2n) is 5.30. The molecule has 3 aromatic rings. The van der Waals surface area contributed by atoms with Crippen LogP contribution < -0.4 is 10.2 Å². The van der Waals surface area contributed by atoms with Gasteiger partial charge in [-0.3, -0.25) is 5.43 Å². The number of benzene rings is 3. The number of nitrogens with one attached hydrogen (secondary N) is 1. The van der Waals surface area contributed by atoms with Gasteiger partial charge in [0.1, 0.15) is 5.75 Å². The predicted octanol–water partition coefficient (Wildman–Crippen LogP) is 6.10. The Labute approximate surface area is 154 Å². The summed E-state index contributed by atoms with van der Waals surface area (Å²) in [6.07, 6.45) is 0. The number of fused-ring (bicyclic) bond motifs is 1. The van der Waals surface area contributed by atoms with Crippen LogP contribution in [-0.4, -0.2) is 12.8 Å². The van der Waals surface area contributed by atoms with E-state index in [1.54, 1.807) is 7.11 Å². The van der Waals surface area contributed by atoms with Crippen molar-refractivity contribution in [3.8, 4) is 5.75 Å². The van der Waals surface area contributed by atoms with E-state index in [1.165, 1.54) is 0 Å². The quantitative estimate of drug-likeness (QED) is 0.422. The van der Waals surface area contributed by atoms with Gasteiger partial charge < -0.3 is 4.74 Å². The van der Waals surface area contributed by atoms with Crippen LogP contribution in [0, 0.1) is 0 Å². The summed E-state index contributed by atoms with van der Waals surface area (Å²) in [6.45, 7) is 1.96. The van der Waals surface area contributed by atoms with Crippen molar-refractivity contribution >= 4 is 49.7 Å². The molecule has 0 atom stereocenters. The van der Waals surface area contributed by atoms with E-state index < -0.39 is 0 Å². The normalized spacial score (nSPS) is 11.6. The first-order valence-corrected chi connectivity index (χ1v) is 8.58. The molecule has 0 saturated heterocycles. The summed E-state index contributed by atoms with van der Waals surface area (Å²) in [5, 5.41) is 7.33. The van der Waals surface area contributed by atoms with Crippen molar-refractivity contribution < 1.29 is 4.74 Å². The van der Waals surface area contributed by atoms with Crippen LogP contribution in [0.15, 0.2) is 64.2 Å². The van der Waals surface area contributed by atoms with Crippen LogP contribution >= 0.6 is 27.5 Å². The second-order valence-corrected chi connectivity index (χ2v) is 6.53. The zero-order valence-electron chi connectivity index (χ0n) is 13.3. The number of hydrazone groups is 1. The first-order valence-electron chi connectivity index (χ1n) is 7.41. The lowest BCUT2D eigenvalue weighted by molar-refractivity contribution is 0.419. The Balaban J connectivity index is 2.00. The van der Waals surface area contributed by atoms with Gasteiger partial charge in [0.2, 0.25) is 0 Å². The van der Waals surface area contributed by atoms with Crippen LogP contribution in [0.1, 0.15) is 12.5 Å². The third-order valence-corrected chi connectivity index (χ3v) is 4.85. The molecule has 0 saturated carbocycles. The maximum absolute atomic E-state index is 5.90. The number of hydrogen-bond acceptors (Lipinski definition) is 3. The molecule has 0 bridgehead atoms. The molecule has 5 heteroatoms. The third-order valence-electron chi connectivity index (χ3n) is 3.75. The highest BCUT2D eigenvalue weighted by Gasteiger charge is 2.12. The Morgan fingerprint density at radius 1 is 1.08 bits per heavy atom. The van der Waals surface area contributed by atoms with Gasteiger partial charge in [-0.1, -0.05) is 35.9 Å². The fraction of sp³-hybridized carbons (Fsp3) is 0.105. The minimum Gasteiger partial charge on any atom is -0.496 e. The molecule has 0 radical (unpaired) electrons. The first-order chi connectivity index (χ1) is 11.6. The molecular formula is C19H16BrClN2O. The lowest BCUT2D eigenvalue weighted by Crippen LogP contribution is -2.02. The van der Waals surface area contributed by atoms with E-state index in [-0.39, 0.29) is 0 Å². The molecule has 0 fully saturated rings. The molecule has 3 nitrogen and oxygen atoms in total. The van der Waals surface area contributed by atoms with Crippen molar-refractivity contribution in [1.82, 2.24) is 0 Å². The van der Waals surface area contributed by atoms with Crippen LogP contribution in [0.2, 0.25) is 5.02 Å². The third kappa shape index (κ3) is 3.40. The number of halogens is 2. The van der Waals surface area contributed by atoms with Crippen molar-refractivity contribution in [1.29, 1.82) is 0 Å². The van der Waals surface area contributed by atoms with Crippen molar-refractivity contribution in [2.75, 3.05) is 12.5 Å². The first kappa shape index (κ1) is 16.8. The molecule has 24 heavy (non-hydrogen) atoms. The Morgan fingerprint density at radius 2 is 1.75 bits per heavy atom. The van der Waals surface area contributed by atoms with Gasteiger partial charge in [0, 0.05) is 25.8 Å². The summed E-state index contributed by atoms with van der Waals surface area (Å²) < 4.78 is 6.54. The lowest BCUT2D eigenvalue weighted by Gasteiger charge is -2.12. The Hall–Kier alpha value is -2.04. The highest BCUT2D eigenvalue weighted by molar-refractivity contribution is 9.10. The summed E-state index contributed by atoms with van der Waals surface area (Å²) in [5.74, 6) is 0.824. The van der Waals surface area contributed by atoms with E-state index in [0.29, 0.717) is 5.02 Å². The average Bonchev–Trinajstić information content (AvgIpc) is 2.61. The highest BCUT2D eigenvalue weighted by Crippen LogP contribution is 2.35. The average molecular weight is 404 g/mol. The van der Waals surface area contributed by atoms with Crippen LogP contribution in [-0.2, 0) is 0 Å². The van der Waals surface area contributed by atoms with E-state index in [9.17, 15) is 0 Å². The van der Waals surface area contributed by atoms with E-state index in [0.717, 1.165) is 38.0 Å². The van der Waals surface area contributed by atoms with E-state index in [1.807, 2.05) is 55.5 Å². The molecule has 0 spiro atoms. The highest BCUT2D eigenvalue weighted by atomic mass is 79.9. The van der Waals surface area contributed by atoms with Gasteiger partial charge in [-0.15, -0.1) is 0 Å². The molecule has 1 N–H and O–H groups in total. The van der Waals surface area contributed by atoms with Gasteiger partial charge >= 0.3 is 0 Å². The summed E-state index contributed by atoms with van der Waals surface area (Å²) >= 11 is 9.60. The molecule has 3 aromatic carbocycles. The van der Waals surface area contributed by atoms with E-state index in [4.69, 9.17) is 16.3 Å². The van der Waals surface area contributed by atoms with Crippen molar-refractivity contribution in [3.05, 3.63) is 69.7 Å². The Kier molecular flexibility index (Phi) is 5.07. The summed E-state index contributed by atoms with van der Waals surface area (Å²) in [4.78, 5) is 0. The fourth-order valence-corrected chi connectivity index (χ4v) is 3.34. The number of anilines is 1. The van der Waals surface area contributed by atoms with E-state index in [2.05, 4.69) is 32.5 Å². The number of nitrogens with zero attached hydrogens (tertiary/aromatic N) is 1. The van der Waals surface area contributed by atoms with Crippen LogP contribution in [0.3, 0.4) is 0 Å². The Morgan fingerprint density at radius 3 is 2.42 bits per heavy atom. The molecular weight excluding hydrogens is 388 g/mol. The maximum atomic E-state index is 5.90. The standard InChI is InChI=1S/C19H16BrClN2O/c1-12(22-23-14-9-7-13(21)8-10-14)17-11-18(24-2)15-5-3-4-6-16(15)19(17)20/h3-11,23H,1-2H3. The number of hydrogen-bond donors (Lipinski definition) is 1. The molecule has 0 amide bonds. The maximum Gasteiger partial charge on any atom is 0.127 e. The zero-order chi connectivity index (χ0) is 17.1. The lowest BCUT2D eigenvalue weighted by atomic mass is 10.0. The van der Waals surface area contributed by atoms with Gasteiger partial charge in [-0.05, 0) is 53.2 Å². The predicted molar refractivity (Wildman–Crippen MR) is 105 cm³/mol. The smallest absolute Gasteiger partial charge is 0.127 e. The minimum absolute atomic E-state index is 0.697. The number of ether oxygens (including phenoxy) is 1. The minimum atomic E-state index is 0.697. The van der Waals surface area contributed by atoms with E-state index >= 15 is 0 Å². The monoisotopic (exact) mass is 402 g/mol. The fourth-order valence-electron chi connectivity index (χ4n) is 2.47. The summed E-state index contributed by atoms with van der Waals surface area (Å²) in [5.41, 5.74) is 5.75.